The van der Waals surface area contributed by atoms with Crippen LogP contribution in [0.15, 0.2) is 46.3 Å². The molecule has 0 amide bonds. The summed E-state index contributed by atoms with van der Waals surface area (Å²) < 4.78 is 13.7. The van der Waals surface area contributed by atoms with Crippen molar-refractivity contribution in [2.45, 2.75) is 79.1 Å². The standard InChI is InChI=1S/C20H27F.C2H6/c1-14-3-6-16(7-4-14)17-9-11-18(12-10-17)19-8-5-15(2)20(21)13-19;1-2/h9,11,13-14,16H,3-8,10,12H2,1-2H3;1-2H3. The van der Waals surface area contributed by atoms with E-state index in [1.165, 1.54) is 43.3 Å². The van der Waals surface area contributed by atoms with Crippen LogP contribution in [-0.4, -0.2) is 0 Å². The van der Waals surface area contributed by atoms with Crippen LogP contribution in [0.3, 0.4) is 0 Å². The maximum absolute atomic E-state index is 13.7. The molecular formula is C22H33F. The maximum Gasteiger partial charge on any atom is 0.122 e. The van der Waals surface area contributed by atoms with Gasteiger partial charge >= 0.3 is 0 Å². The molecule has 23 heavy (non-hydrogen) atoms. The quantitative estimate of drug-likeness (QED) is 0.496. The highest BCUT2D eigenvalue weighted by molar-refractivity contribution is 5.44. The van der Waals surface area contributed by atoms with Crippen molar-refractivity contribution in [2.75, 3.05) is 0 Å². The van der Waals surface area contributed by atoms with Crippen molar-refractivity contribution >= 4 is 0 Å². The Hall–Kier alpha value is -1.11. The Morgan fingerprint density at radius 1 is 0.870 bits per heavy atom. The Bertz CT molecular complexity index is 522. The number of hydrogen-bond acceptors (Lipinski definition) is 0. The van der Waals surface area contributed by atoms with Crippen LogP contribution in [0, 0.1) is 11.8 Å². The molecule has 0 spiro atoms. The minimum Gasteiger partial charge on any atom is -0.207 e. The van der Waals surface area contributed by atoms with Gasteiger partial charge in [0, 0.05) is 0 Å². The molecule has 0 heterocycles. The average molecular weight is 317 g/mol. The second-order valence-corrected chi connectivity index (χ2v) is 7.19. The Balaban J connectivity index is 0.000000924. The van der Waals surface area contributed by atoms with Gasteiger partial charge in [0.05, 0.1) is 0 Å². The normalized spacial score (nSPS) is 28.3. The van der Waals surface area contributed by atoms with Crippen molar-refractivity contribution in [3.63, 3.8) is 0 Å². The SMILES string of the molecule is CC.CC1=C(F)C=C(C2=CC=C(C3CCC(C)CC3)CC2)CC1. The third-order valence-electron chi connectivity index (χ3n) is 5.61. The zero-order chi connectivity index (χ0) is 16.8. The molecule has 0 unspecified atom stereocenters. The van der Waals surface area contributed by atoms with E-state index in [1.54, 1.807) is 11.6 Å². The van der Waals surface area contributed by atoms with E-state index in [0.717, 1.165) is 36.7 Å². The first-order valence-electron chi connectivity index (χ1n) is 9.59. The van der Waals surface area contributed by atoms with E-state index in [1.807, 2.05) is 20.8 Å². The summed E-state index contributed by atoms with van der Waals surface area (Å²) in [6.45, 7) is 8.28. The van der Waals surface area contributed by atoms with Crippen molar-refractivity contribution in [2.24, 2.45) is 11.8 Å². The van der Waals surface area contributed by atoms with Crippen LogP contribution in [0.5, 0.6) is 0 Å². The molecule has 0 radical (unpaired) electrons. The highest BCUT2D eigenvalue weighted by atomic mass is 19.1. The number of hydrogen-bond donors (Lipinski definition) is 0. The predicted octanol–water partition coefficient (Wildman–Crippen LogP) is 7.45. The molecular weight excluding hydrogens is 283 g/mol. The summed E-state index contributed by atoms with van der Waals surface area (Å²) >= 11 is 0. The number of allylic oxidation sites excluding steroid dienone is 8. The maximum atomic E-state index is 13.7. The Labute approximate surface area is 142 Å². The summed E-state index contributed by atoms with van der Waals surface area (Å²) in [5, 5.41) is 0. The summed E-state index contributed by atoms with van der Waals surface area (Å²) in [6.07, 6.45) is 16.1. The van der Waals surface area contributed by atoms with Crippen molar-refractivity contribution in [3.05, 3.63) is 46.3 Å². The summed E-state index contributed by atoms with van der Waals surface area (Å²) in [6, 6.07) is 0. The number of halogens is 1. The van der Waals surface area contributed by atoms with Gasteiger partial charge in [0.1, 0.15) is 5.83 Å². The molecule has 1 fully saturated rings. The fraction of sp³-hybridized carbons (Fsp3) is 0.636. The first kappa shape index (κ1) is 18.2. The van der Waals surface area contributed by atoms with E-state index in [9.17, 15) is 4.39 Å². The number of rotatable bonds is 2. The zero-order valence-corrected chi connectivity index (χ0v) is 15.4. The molecule has 0 aromatic heterocycles. The van der Waals surface area contributed by atoms with Crippen molar-refractivity contribution < 1.29 is 4.39 Å². The fourth-order valence-corrected chi connectivity index (χ4v) is 3.94. The van der Waals surface area contributed by atoms with Crippen LogP contribution in [-0.2, 0) is 0 Å². The van der Waals surface area contributed by atoms with Gasteiger partial charge in [-0.2, -0.15) is 0 Å². The molecule has 3 aliphatic carbocycles. The van der Waals surface area contributed by atoms with Crippen LogP contribution in [0.25, 0.3) is 0 Å². The molecule has 0 atom stereocenters. The van der Waals surface area contributed by atoms with Gasteiger partial charge < -0.3 is 0 Å². The second-order valence-electron chi connectivity index (χ2n) is 7.19. The molecule has 1 saturated carbocycles. The Kier molecular flexibility index (Phi) is 6.87. The van der Waals surface area contributed by atoms with Crippen molar-refractivity contribution in [1.29, 1.82) is 0 Å². The lowest BCUT2D eigenvalue weighted by molar-refractivity contribution is 0.315. The highest BCUT2D eigenvalue weighted by Gasteiger charge is 2.23. The van der Waals surface area contributed by atoms with Gasteiger partial charge in [0.15, 0.2) is 0 Å². The first-order chi connectivity index (χ1) is 11.1. The molecule has 0 nitrogen and oxygen atoms in total. The fourth-order valence-electron chi connectivity index (χ4n) is 3.94. The van der Waals surface area contributed by atoms with E-state index in [0.29, 0.717) is 0 Å². The average Bonchev–Trinajstić information content (AvgIpc) is 2.60. The van der Waals surface area contributed by atoms with Crippen LogP contribution in [0.1, 0.15) is 79.1 Å². The van der Waals surface area contributed by atoms with Gasteiger partial charge in [0.2, 0.25) is 0 Å². The van der Waals surface area contributed by atoms with E-state index < -0.39 is 0 Å². The highest BCUT2D eigenvalue weighted by Crippen LogP contribution is 2.39. The van der Waals surface area contributed by atoms with Crippen molar-refractivity contribution in [3.8, 4) is 0 Å². The lowest BCUT2D eigenvalue weighted by atomic mass is 9.76. The van der Waals surface area contributed by atoms with E-state index in [2.05, 4.69) is 19.1 Å². The Morgan fingerprint density at radius 2 is 1.52 bits per heavy atom. The van der Waals surface area contributed by atoms with E-state index in [4.69, 9.17) is 0 Å². The molecule has 0 saturated heterocycles. The minimum absolute atomic E-state index is 0.00630. The van der Waals surface area contributed by atoms with E-state index >= 15 is 0 Å². The van der Waals surface area contributed by atoms with Crippen LogP contribution in [0.4, 0.5) is 4.39 Å². The predicted molar refractivity (Wildman–Crippen MR) is 99.0 cm³/mol. The monoisotopic (exact) mass is 316 g/mol. The lowest BCUT2D eigenvalue weighted by Gasteiger charge is -2.30. The molecule has 3 rings (SSSR count). The van der Waals surface area contributed by atoms with E-state index in [-0.39, 0.29) is 5.83 Å². The summed E-state index contributed by atoms with van der Waals surface area (Å²) in [5.41, 5.74) is 5.15. The summed E-state index contributed by atoms with van der Waals surface area (Å²) in [7, 11) is 0. The molecule has 1 heteroatoms. The zero-order valence-electron chi connectivity index (χ0n) is 15.4. The van der Waals surface area contributed by atoms with Crippen LogP contribution in [0.2, 0.25) is 0 Å². The van der Waals surface area contributed by atoms with Gasteiger partial charge in [-0.3, -0.25) is 0 Å². The summed E-state index contributed by atoms with van der Waals surface area (Å²) in [4.78, 5) is 0. The largest absolute Gasteiger partial charge is 0.207 e. The van der Waals surface area contributed by atoms with Crippen LogP contribution < -0.4 is 0 Å². The molecule has 0 aromatic rings. The molecule has 0 aromatic carbocycles. The van der Waals surface area contributed by atoms with Crippen LogP contribution >= 0.6 is 0 Å². The first-order valence-corrected chi connectivity index (χ1v) is 9.59. The van der Waals surface area contributed by atoms with Gasteiger partial charge in [-0.15, -0.1) is 0 Å². The minimum atomic E-state index is -0.00630. The van der Waals surface area contributed by atoms with Crippen molar-refractivity contribution in [1.82, 2.24) is 0 Å². The second kappa shape index (κ2) is 8.66. The topological polar surface area (TPSA) is 0 Å². The molecule has 0 aliphatic heterocycles. The van der Waals surface area contributed by atoms with Gasteiger partial charge in [-0.05, 0) is 80.1 Å². The lowest BCUT2D eigenvalue weighted by Crippen LogP contribution is -2.15. The van der Waals surface area contributed by atoms with Gasteiger partial charge in [-0.1, -0.05) is 51.3 Å². The third kappa shape index (κ3) is 4.68. The summed E-state index contributed by atoms with van der Waals surface area (Å²) in [5.74, 6) is 1.73. The van der Waals surface area contributed by atoms with Gasteiger partial charge in [0.25, 0.3) is 0 Å². The third-order valence-corrected chi connectivity index (χ3v) is 5.61. The molecule has 0 N–H and O–H groups in total. The molecule has 0 bridgehead atoms. The molecule has 128 valence electrons. The smallest absolute Gasteiger partial charge is 0.122 e. The van der Waals surface area contributed by atoms with Gasteiger partial charge in [-0.25, -0.2) is 4.39 Å². The molecule has 3 aliphatic rings. The Morgan fingerprint density at radius 3 is 2.09 bits per heavy atom.